The average Bonchev–Trinajstić information content (AvgIpc) is 2.28. The van der Waals surface area contributed by atoms with Gasteiger partial charge in [0.05, 0.1) is 10.7 Å². The predicted molar refractivity (Wildman–Crippen MR) is 75.2 cm³/mol. The Bertz CT molecular complexity index is 564. The van der Waals surface area contributed by atoms with E-state index >= 15 is 0 Å². The number of halogens is 3. The molecule has 0 aliphatic carbocycles. The van der Waals surface area contributed by atoms with Gasteiger partial charge in [-0.1, -0.05) is 46.9 Å². The summed E-state index contributed by atoms with van der Waals surface area (Å²) in [5.41, 5.74) is 1.60. The van der Waals surface area contributed by atoms with Crippen molar-refractivity contribution in [3.05, 3.63) is 63.1 Å². The molecule has 0 amide bonds. The number of hydrogen-bond donors (Lipinski definition) is 0. The second-order valence-corrected chi connectivity index (χ2v) is 4.68. The van der Waals surface area contributed by atoms with Crippen LogP contribution in [0.1, 0.15) is 5.56 Å². The number of aliphatic imine (C=N–C) groups is 1. The molecule has 0 N–H and O–H groups in total. The zero-order valence-electron chi connectivity index (χ0n) is 8.70. The quantitative estimate of drug-likeness (QED) is 0.655. The summed E-state index contributed by atoms with van der Waals surface area (Å²) in [5, 5.41) is 1.83. The highest BCUT2D eigenvalue weighted by Gasteiger charge is 1.98. The van der Waals surface area contributed by atoms with Crippen molar-refractivity contribution >= 4 is 46.7 Å². The van der Waals surface area contributed by atoms with Crippen LogP contribution in [0.15, 0.2) is 47.5 Å². The van der Waals surface area contributed by atoms with E-state index in [1.165, 1.54) is 0 Å². The molecule has 0 unspecified atom stereocenters. The molecule has 1 nitrogen and oxygen atoms in total. The third kappa shape index (κ3) is 3.47. The lowest BCUT2D eigenvalue weighted by Gasteiger charge is -1.98. The summed E-state index contributed by atoms with van der Waals surface area (Å²) in [4.78, 5) is 4.29. The molecule has 0 aliphatic heterocycles. The van der Waals surface area contributed by atoms with Crippen LogP contribution in [0.3, 0.4) is 0 Å². The second kappa shape index (κ2) is 5.54. The van der Waals surface area contributed by atoms with E-state index in [1.807, 2.05) is 18.2 Å². The Morgan fingerprint density at radius 2 is 1.65 bits per heavy atom. The lowest BCUT2D eigenvalue weighted by molar-refractivity contribution is 1.52. The third-order valence-corrected chi connectivity index (χ3v) is 2.92. The highest BCUT2D eigenvalue weighted by atomic mass is 35.5. The second-order valence-electron chi connectivity index (χ2n) is 3.40. The topological polar surface area (TPSA) is 12.4 Å². The molecule has 0 saturated heterocycles. The molecule has 0 radical (unpaired) electrons. The van der Waals surface area contributed by atoms with Gasteiger partial charge < -0.3 is 0 Å². The minimum Gasteiger partial charge on any atom is -0.256 e. The van der Waals surface area contributed by atoms with Gasteiger partial charge >= 0.3 is 0 Å². The minimum absolute atomic E-state index is 0.572. The van der Waals surface area contributed by atoms with Crippen LogP contribution in [0.4, 0.5) is 5.69 Å². The molecule has 2 rings (SSSR count). The summed E-state index contributed by atoms with van der Waals surface area (Å²) in [7, 11) is 0. The molecule has 86 valence electrons. The Labute approximate surface area is 115 Å². The van der Waals surface area contributed by atoms with Gasteiger partial charge in [-0.15, -0.1) is 0 Å². The van der Waals surface area contributed by atoms with Crippen LogP contribution in [0.2, 0.25) is 15.1 Å². The van der Waals surface area contributed by atoms with Crippen LogP contribution in [0.25, 0.3) is 0 Å². The van der Waals surface area contributed by atoms with E-state index in [-0.39, 0.29) is 0 Å². The van der Waals surface area contributed by atoms with Gasteiger partial charge in [0.2, 0.25) is 0 Å². The Morgan fingerprint density at radius 1 is 0.882 bits per heavy atom. The Balaban J connectivity index is 2.26. The molecule has 0 atom stereocenters. The summed E-state index contributed by atoms with van der Waals surface area (Å²) in [6, 6.07) is 12.6. The Morgan fingerprint density at radius 3 is 2.35 bits per heavy atom. The standard InChI is InChI=1S/C13H8Cl3N/c14-10-2-1-3-12(6-10)17-8-9-4-5-11(15)7-13(9)16/h1-8H/b17-8+. The minimum atomic E-state index is 0.572. The molecule has 0 saturated carbocycles. The molecular formula is C13H8Cl3N. The molecule has 0 heterocycles. The Kier molecular flexibility index (Phi) is 4.06. The van der Waals surface area contributed by atoms with Gasteiger partial charge in [-0.25, -0.2) is 0 Å². The number of benzene rings is 2. The molecule has 0 fully saturated rings. The van der Waals surface area contributed by atoms with Gasteiger partial charge in [-0.3, -0.25) is 4.99 Å². The van der Waals surface area contributed by atoms with E-state index in [0.29, 0.717) is 15.1 Å². The molecule has 2 aromatic carbocycles. The van der Waals surface area contributed by atoms with E-state index in [2.05, 4.69) is 4.99 Å². The van der Waals surface area contributed by atoms with E-state index in [9.17, 15) is 0 Å². The third-order valence-electron chi connectivity index (χ3n) is 2.12. The van der Waals surface area contributed by atoms with Crippen LogP contribution in [-0.2, 0) is 0 Å². The average molecular weight is 285 g/mol. The molecule has 0 aliphatic rings. The van der Waals surface area contributed by atoms with Crippen LogP contribution in [-0.4, -0.2) is 6.21 Å². The fourth-order valence-corrected chi connectivity index (χ4v) is 1.95. The fourth-order valence-electron chi connectivity index (χ4n) is 1.31. The molecule has 0 bridgehead atoms. The van der Waals surface area contributed by atoms with Gasteiger partial charge in [0.1, 0.15) is 0 Å². The summed E-state index contributed by atoms with van der Waals surface area (Å²) in [6.07, 6.45) is 1.68. The number of rotatable bonds is 2. The first-order valence-corrected chi connectivity index (χ1v) is 6.03. The van der Waals surface area contributed by atoms with Crippen LogP contribution >= 0.6 is 34.8 Å². The van der Waals surface area contributed by atoms with Gasteiger partial charge in [-0.2, -0.15) is 0 Å². The predicted octanol–water partition coefficient (Wildman–Crippen LogP) is 5.40. The fraction of sp³-hybridized carbons (Fsp3) is 0. The van der Waals surface area contributed by atoms with Gasteiger partial charge in [0.15, 0.2) is 0 Å². The first-order chi connectivity index (χ1) is 8.15. The molecule has 4 heteroatoms. The number of nitrogens with zero attached hydrogens (tertiary/aromatic N) is 1. The maximum absolute atomic E-state index is 6.03. The molecule has 17 heavy (non-hydrogen) atoms. The summed E-state index contributed by atoms with van der Waals surface area (Å²) in [6.45, 7) is 0. The first kappa shape index (κ1) is 12.4. The van der Waals surface area contributed by atoms with E-state index in [1.54, 1.807) is 30.5 Å². The molecule has 0 aromatic heterocycles. The SMILES string of the molecule is Clc1cccc(/N=C/c2ccc(Cl)cc2Cl)c1. The van der Waals surface area contributed by atoms with E-state index in [0.717, 1.165) is 11.3 Å². The van der Waals surface area contributed by atoms with Crippen molar-refractivity contribution in [2.75, 3.05) is 0 Å². The van der Waals surface area contributed by atoms with Gasteiger partial charge in [-0.05, 0) is 30.3 Å². The van der Waals surface area contributed by atoms with Crippen molar-refractivity contribution in [2.24, 2.45) is 4.99 Å². The zero-order valence-corrected chi connectivity index (χ0v) is 11.0. The summed E-state index contributed by atoms with van der Waals surface area (Å²) in [5.74, 6) is 0. The van der Waals surface area contributed by atoms with Gasteiger partial charge in [0, 0.05) is 21.8 Å². The van der Waals surface area contributed by atoms with Crippen LogP contribution in [0, 0.1) is 0 Å². The van der Waals surface area contributed by atoms with Crippen molar-refractivity contribution in [3.8, 4) is 0 Å². The van der Waals surface area contributed by atoms with E-state index in [4.69, 9.17) is 34.8 Å². The maximum Gasteiger partial charge on any atom is 0.0644 e. The van der Waals surface area contributed by atoms with Crippen molar-refractivity contribution in [3.63, 3.8) is 0 Å². The lowest BCUT2D eigenvalue weighted by atomic mass is 10.2. The normalized spacial score (nSPS) is 11.0. The first-order valence-electron chi connectivity index (χ1n) is 4.90. The van der Waals surface area contributed by atoms with Crippen molar-refractivity contribution in [1.82, 2.24) is 0 Å². The lowest BCUT2D eigenvalue weighted by Crippen LogP contribution is -1.82. The monoisotopic (exact) mass is 283 g/mol. The van der Waals surface area contributed by atoms with Crippen molar-refractivity contribution in [2.45, 2.75) is 0 Å². The van der Waals surface area contributed by atoms with Crippen LogP contribution in [0.5, 0.6) is 0 Å². The highest BCUT2D eigenvalue weighted by molar-refractivity contribution is 6.36. The van der Waals surface area contributed by atoms with Crippen LogP contribution < -0.4 is 0 Å². The zero-order chi connectivity index (χ0) is 12.3. The summed E-state index contributed by atoms with van der Waals surface area (Å²) >= 11 is 17.7. The molecule has 0 spiro atoms. The van der Waals surface area contributed by atoms with Crippen molar-refractivity contribution < 1.29 is 0 Å². The number of hydrogen-bond acceptors (Lipinski definition) is 1. The molecular weight excluding hydrogens is 277 g/mol. The molecule has 2 aromatic rings. The summed E-state index contributed by atoms with van der Waals surface area (Å²) < 4.78 is 0. The van der Waals surface area contributed by atoms with Crippen molar-refractivity contribution in [1.29, 1.82) is 0 Å². The largest absolute Gasteiger partial charge is 0.256 e. The Hall–Kier alpha value is -1.02. The highest BCUT2D eigenvalue weighted by Crippen LogP contribution is 2.21. The smallest absolute Gasteiger partial charge is 0.0644 e. The van der Waals surface area contributed by atoms with Gasteiger partial charge in [0.25, 0.3) is 0 Å². The maximum atomic E-state index is 6.03. The van der Waals surface area contributed by atoms with E-state index < -0.39 is 0 Å².